The second kappa shape index (κ2) is 7.48. The molecule has 2 aromatic rings. The van der Waals surface area contributed by atoms with E-state index in [0.717, 1.165) is 13.6 Å². The fraction of sp³-hybridized carbons (Fsp3) is 0.200. The molecule has 2 rings (SSSR count). The Morgan fingerprint density at radius 3 is 2.57 bits per heavy atom. The Morgan fingerprint density at radius 2 is 1.90 bits per heavy atom. The van der Waals surface area contributed by atoms with Crippen molar-refractivity contribution in [3.8, 4) is 0 Å². The first-order valence-electron chi connectivity index (χ1n) is 6.27. The van der Waals surface area contributed by atoms with Gasteiger partial charge in [0.05, 0.1) is 10.5 Å². The highest BCUT2D eigenvalue weighted by Crippen LogP contribution is 2.34. The van der Waals surface area contributed by atoms with Crippen LogP contribution in [0.15, 0.2) is 39.3 Å². The molecule has 0 aliphatic rings. The van der Waals surface area contributed by atoms with E-state index in [1.807, 2.05) is 25.1 Å². The molecule has 0 spiro atoms. The van der Waals surface area contributed by atoms with Gasteiger partial charge in [0.25, 0.3) is 0 Å². The monoisotopic (exact) mass is 529 g/mol. The van der Waals surface area contributed by atoms with Crippen LogP contribution in [0.25, 0.3) is 0 Å². The molecule has 0 aliphatic heterocycles. The molecule has 0 bridgehead atoms. The molecule has 0 saturated heterocycles. The van der Waals surface area contributed by atoms with Gasteiger partial charge in [0.2, 0.25) is 0 Å². The summed E-state index contributed by atoms with van der Waals surface area (Å²) >= 11 is 8.71. The van der Waals surface area contributed by atoms with Gasteiger partial charge in [0.15, 0.2) is 0 Å². The Bertz CT molecular complexity index is 664. The van der Waals surface area contributed by atoms with E-state index in [1.54, 1.807) is 0 Å². The fourth-order valence-corrected chi connectivity index (χ4v) is 3.49. The van der Waals surface area contributed by atoms with Crippen molar-refractivity contribution >= 4 is 54.5 Å². The number of hydrogen-bond acceptors (Lipinski definition) is 1. The van der Waals surface area contributed by atoms with Crippen LogP contribution < -0.4 is 5.32 Å². The predicted molar refractivity (Wildman–Crippen MR) is 96.4 cm³/mol. The lowest BCUT2D eigenvalue weighted by molar-refractivity contribution is 0.506. The molecule has 0 aliphatic carbocycles. The van der Waals surface area contributed by atoms with Gasteiger partial charge >= 0.3 is 0 Å². The summed E-state index contributed by atoms with van der Waals surface area (Å²) in [6, 6.07) is 7.81. The van der Waals surface area contributed by atoms with E-state index in [4.69, 9.17) is 0 Å². The maximum Gasteiger partial charge on any atom is 0.145 e. The molecule has 0 heterocycles. The van der Waals surface area contributed by atoms with E-state index < -0.39 is 17.7 Å². The lowest BCUT2D eigenvalue weighted by atomic mass is 9.97. The van der Waals surface area contributed by atoms with Crippen LogP contribution in [0.4, 0.5) is 8.78 Å². The Labute approximate surface area is 152 Å². The summed E-state index contributed by atoms with van der Waals surface area (Å²) in [5.41, 5.74) is 0.866. The molecule has 0 saturated carbocycles. The van der Waals surface area contributed by atoms with Gasteiger partial charge in [-0.15, -0.1) is 0 Å². The summed E-state index contributed by atoms with van der Waals surface area (Å²) < 4.78 is 30.7. The lowest BCUT2D eigenvalue weighted by Crippen LogP contribution is -2.25. The van der Waals surface area contributed by atoms with Crippen LogP contribution in [0.1, 0.15) is 24.1 Å². The van der Waals surface area contributed by atoms with Gasteiger partial charge in [-0.1, -0.05) is 22.9 Å². The third-order valence-corrected chi connectivity index (χ3v) is 5.13. The Balaban J connectivity index is 2.64. The third-order valence-electron chi connectivity index (χ3n) is 3.05. The van der Waals surface area contributed by atoms with E-state index in [2.05, 4.69) is 59.8 Å². The van der Waals surface area contributed by atoms with Gasteiger partial charge in [0.1, 0.15) is 11.6 Å². The summed E-state index contributed by atoms with van der Waals surface area (Å²) in [4.78, 5) is 0. The van der Waals surface area contributed by atoms with Crippen molar-refractivity contribution in [2.45, 2.75) is 13.0 Å². The molecule has 0 aromatic heterocycles. The zero-order valence-corrected chi connectivity index (χ0v) is 16.4. The first kappa shape index (κ1) is 17.3. The van der Waals surface area contributed by atoms with Crippen LogP contribution in [0.5, 0.6) is 0 Å². The highest BCUT2D eigenvalue weighted by Gasteiger charge is 2.24. The maximum atomic E-state index is 14.4. The molecule has 0 amide bonds. The molecule has 1 nitrogen and oxygen atoms in total. The van der Waals surface area contributed by atoms with Gasteiger partial charge in [-0.3, -0.25) is 0 Å². The van der Waals surface area contributed by atoms with E-state index in [0.29, 0.717) is 6.54 Å². The number of nitrogens with one attached hydrogen (secondary N) is 1. The molecule has 0 fully saturated rings. The number of hydrogen-bond donors (Lipinski definition) is 1. The second-order valence-corrected chi connectivity index (χ2v) is 7.35. The van der Waals surface area contributed by atoms with Crippen molar-refractivity contribution in [3.63, 3.8) is 0 Å². The van der Waals surface area contributed by atoms with E-state index in [1.165, 1.54) is 12.1 Å². The second-order valence-electron chi connectivity index (χ2n) is 4.41. The summed E-state index contributed by atoms with van der Waals surface area (Å²) in [7, 11) is 0. The highest BCUT2D eigenvalue weighted by atomic mass is 127. The zero-order valence-electron chi connectivity index (χ0n) is 11.1. The molecule has 21 heavy (non-hydrogen) atoms. The van der Waals surface area contributed by atoms with Crippen molar-refractivity contribution in [3.05, 3.63) is 65.6 Å². The van der Waals surface area contributed by atoms with Gasteiger partial charge in [-0.25, -0.2) is 8.78 Å². The zero-order chi connectivity index (χ0) is 15.6. The van der Waals surface area contributed by atoms with Crippen molar-refractivity contribution in [1.82, 2.24) is 5.32 Å². The van der Waals surface area contributed by atoms with Crippen LogP contribution in [0, 0.1) is 15.2 Å². The number of halogens is 5. The Kier molecular flexibility index (Phi) is 6.16. The maximum absolute atomic E-state index is 14.4. The summed E-state index contributed by atoms with van der Waals surface area (Å²) in [6.07, 6.45) is 0. The summed E-state index contributed by atoms with van der Waals surface area (Å²) in [5.74, 6) is -1.13. The minimum atomic E-state index is -0.572. The largest absolute Gasteiger partial charge is 0.306 e. The van der Waals surface area contributed by atoms with Crippen molar-refractivity contribution < 1.29 is 8.78 Å². The van der Waals surface area contributed by atoms with Crippen molar-refractivity contribution in [2.24, 2.45) is 0 Å². The van der Waals surface area contributed by atoms with Crippen LogP contribution in [0.2, 0.25) is 0 Å². The molecule has 1 unspecified atom stereocenters. The minimum absolute atomic E-state index is 0.0299. The average molecular weight is 531 g/mol. The van der Waals surface area contributed by atoms with E-state index in [-0.39, 0.29) is 10.0 Å². The van der Waals surface area contributed by atoms with Crippen LogP contribution in [-0.4, -0.2) is 6.54 Å². The first-order valence-corrected chi connectivity index (χ1v) is 8.94. The summed E-state index contributed by atoms with van der Waals surface area (Å²) in [5, 5.41) is 3.17. The van der Waals surface area contributed by atoms with Gasteiger partial charge < -0.3 is 5.32 Å². The molecule has 6 heteroatoms. The molecule has 0 radical (unpaired) electrons. The smallest absolute Gasteiger partial charge is 0.145 e. The molecule has 1 atom stereocenters. The van der Waals surface area contributed by atoms with Gasteiger partial charge in [-0.05, 0) is 81.0 Å². The van der Waals surface area contributed by atoms with Crippen molar-refractivity contribution in [1.29, 1.82) is 0 Å². The van der Waals surface area contributed by atoms with Crippen LogP contribution in [0.3, 0.4) is 0 Å². The van der Waals surface area contributed by atoms with E-state index >= 15 is 0 Å². The quantitative estimate of drug-likeness (QED) is 0.389. The first-order chi connectivity index (χ1) is 9.95. The molecular weight excluding hydrogens is 519 g/mol. The van der Waals surface area contributed by atoms with Gasteiger partial charge in [0, 0.05) is 13.6 Å². The molecular formula is C15H12Br2F2IN. The Hall–Kier alpha value is -0.0500. The van der Waals surface area contributed by atoms with Crippen molar-refractivity contribution in [2.75, 3.05) is 6.54 Å². The van der Waals surface area contributed by atoms with E-state index in [9.17, 15) is 8.78 Å². The standard InChI is InChI=1S/C15H12Br2F2IN/c1-2-21-15(9-7-8(16)3-6-12(9)20)13-11(18)5-4-10(17)14(13)19/h3-7,15,21H,2H2,1H3. The predicted octanol–water partition coefficient (Wildman–Crippen LogP) is 5.79. The molecule has 1 N–H and O–H groups in total. The SMILES string of the molecule is CCNC(c1cc(Br)ccc1I)c1c(F)ccc(Br)c1F. The minimum Gasteiger partial charge on any atom is -0.306 e. The molecule has 2 aromatic carbocycles. The number of benzene rings is 2. The highest BCUT2D eigenvalue weighted by molar-refractivity contribution is 14.1. The molecule has 112 valence electrons. The lowest BCUT2D eigenvalue weighted by Gasteiger charge is -2.22. The topological polar surface area (TPSA) is 12.0 Å². The third kappa shape index (κ3) is 3.83. The van der Waals surface area contributed by atoms with Crippen LogP contribution >= 0.6 is 54.5 Å². The summed E-state index contributed by atoms with van der Waals surface area (Å²) in [6.45, 7) is 2.50. The normalized spacial score (nSPS) is 12.5. The average Bonchev–Trinajstić information content (AvgIpc) is 2.45. The fourth-order valence-electron chi connectivity index (χ4n) is 2.11. The van der Waals surface area contributed by atoms with Gasteiger partial charge in [-0.2, -0.15) is 0 Å². The Morgan fingerprint density at radius 1 is 1.19 bits per heavy atom. The van der Waals surface area contributed by atoms with Crippen LogP contribution in [-0.2, 0) is 0 Å². The number of rotatable bonds is 4.